The molecule has 0 radical (unpaired) electrons. The van der Waals surface area contributed by atoms with Gasteiger partial charge in [0, 0.05) is 6.42 Å². The van der Waals surface area contributed by atoms with E-state index in [-0.39, 0.29) is 5.97 Å². The van der Waals surface area contributed by atoms with E-state index in [0.717, 1.165) is 31.1 Å². The summed E-state index contributed by atoms with van der Waals surface area (Å²) in [5.74, 6) is 1.64. The van der Waals surface area contributed by atoms with Crippen molar-refractivity contribution in [1.82, 2.24) is 0 Å². The van der Waals surface area contributed by atoms with Crippen molar-refractivity contribution in [3.63, 3.8) is 0 Å². The lowest BCUT2D eigenvalue weighted by molar-refractivity contribution is -0.143. The summed E-state index contributed by atoms with van der Waals surface area (Å²) in [6.45, 7) is 9.75. The minimum Gasteiger partial charge on any atom is -0.466 e. The summed E-state index contributed by atoms with van der Waals surface area (Å²) in [5, 5.41) is 0. The molecule has 0 N–H and O–H groups in total. The van der Waals surface area contributed by atoms with Crippen molar-refractivity contribution >= 4 is 5.97 Å². The normalized spacial score (nSPS) is 11.4. The quantitative estimate of drug-likeness (QED) is 0.186. The van der Waals surface area contributed by atoms with Crippen molar-refractivity contribution in [2.75, 3.05) is 6.61 Å². The molecule has 0 aromatic rings. The van der Waals surface area contributed by atoms with E-state index in [1.165, 1.54) is 70.6 Å². The summed E-state index contributed by atoms with van der Waals surface area (Å²) in [6.07, 6.45) is 18.5. The summed E-state index contributed by atoms with van der Waals surface area (Å²) >= 11 is 0. The Hall–Kier alpha value is -0.530. The average molecular weight is 355 g/mol. The molecule has 0 heterocycles. The third-order valence-corrected chi connectivity index (χ3v) is 4.85. The molecule has 0 aromatic heterocycles. The van der Waals surface area contributed by atoms with Crippen molar-refractivity contribution in [3.05, 3.63) is 0 Å². The van der Waals surface area contributed by atoms with Crippen LogP contribution in [0.25, 0.3) is 0 Å². The van der Waals surface area contributed by atoms with Gasteiger partial charge < -0.3 is 4.74 Å². The summed E-state index contributed by atoms with van der Waals surface area (Å²) < 4.78 is 5.32. The molecule has 0 amide bonds. The molecule has 2 heteroatoms. The smallest absolute Gasteiger partial charge is 0.305 e. The maximum absolute atomic E-state index is 11.6. The van der Waals surface area contributed by atoms with Gasteiger partial charge in [-0.2, -0.15) is 0 Å². The van der Waals surface area contributed by atoms with Gasteiger partial charge in [-0.25, -0.2) is 0 Å². The molecule has 0 saturated carbocycles. The lowest BCUT2D eigenvalue weighted by Gasteiger charge is -2.06. The minimum atomic E-state index is 0.00550. The van der Waals surface area contributed by atoms with Crippen molar-refractivity contribution in [2.24, 2.45) is 11.8 Å². The van der Waals surface area contributed by atoms with Crippen LogP contribution >= 0.6 is 0 Å². The van der Waals surface area contributed by atoms with Gasteiger partial charge in [0.25, 0.3) is 0 Å². The molecule has 25 heavy (non-hydrogen) atoms. The fraction of sp³-hybridized carbons (Fsp3) is 0.957. The highest BCUT2D eigenvalue weighted by atomic mass is 16.5. The van der Waals surface area contributed by atoms with E-state index < -0.39 is 0 Å². The highest BCUT2D eigenvalue weighted by molar-refractivity contribution is 5.69. The molecule has 0 rings (SSSR count). The third-order valence-electron chi connectivity index (χ3n) is 4.85. The van der Waals surface area contributed by atoms with E-state index in [4.69, 9.17) is 4.74 Å². The number of carbonyl (C=O) groups excluding carboxylic acids is 1. The Kier molecular flexibility index (Phi) is 17.9. The van der Waals surface area contributed by atoms with Crippen LogP contribution in [0.4, 0.5) is 0 Å². The second-order valence-electron chi connectivity index (χ2n) is 8.58. The maximum atomic E-state index is 11.6. The molecule has 0 unspecified atom stereocenters. The van der Waals surface area contributed by atoms with Gasteiger partial charge in [0.2, 0.25) is 0 Å². The molecule has 0 atom stereocenters. The van der Waals surface area contributed by atoms with Gasteiger partial charge >= 0.3 is 5.97 Å². The topological polar surface area (TPSA) is 26.3 Å². The predicted octanol–water partition coefficient (Wildman–Crippen LogP) is 7.69. The highest BCUT2D eigenvalue weighted by Crippen LogP contribution is 2.13. The molecule has 0 aromatic carbocycles. The van der Waals surface area contributed by atoms with Gasteiger partial charge in [0.05, 0.1) is 6.61 Å². The van der Waals surface area contributed by atoms with Crippen LogP contribution in [0, 0.1) is 11.8 Å². The summed E-state index contributed by atoms with van der Waals surface area (Å²) in [4.78, 5) is 11.6. The second-order valence-corrected chi connectivity index (χ2v) is 8.58. The third kappa shape index (κ3) is 21.4. The average Bonchev–Trinajstić information content (AvgIpc) is 2.55. The van der Waals surface area contributed by atoms with Crippen LogP contribution in [-0.4, -0.2) is 12.6 Å². The zero-order valence-electron chi connectivity index (χ0n) is 17.8. The fourth-order valence-electron chi connectivity index (χ4n) is 3.15. The Morgan fingerprint density at radius 2 is 1.00 bits per heavy atom. The zero-order valence-corrected chi connectivity index (χ0v) is 17.8. The molecule has 0 saturated heterocycles. The molecule has 0 spiro atoms. The summed E-state index contributed by atoms with van der Waals surface area (Å²) in [7, 11) is 0. The standard InChI is InChI=1S/C23H46O2/c1-21(2)17-13-10-8-6-5-7-9-11-16-20-25-23(24)19-15-12-14-18-22(3)4/h21-22H,5-20H2,1-4H3. The molecule has 0 aliphatic heterocycles. The Bertz CT molecular complexity index is 284. The Balaban J connectivity index is 3.16. The Morgan fingerprint density at radius 3 is 1.48 bits per heavy atom. The lowest BCUT2D eigenvalue weighted by Crippen LogP contribution is -2.05. The van der Waals surface area contributed by atoms with Crippen molar-refractivity contribution in [1.29, 1.82) is 0 Å². The van der Waals surface area contributed by atoms with Gasteiger partial charge in [0.1, 0.15) is 0 Å². The van der Waals surface area contributed by atoms with E-state index in [1.54, 1.807) is 0 Å². The number of esters is 1. The van der Waals surface area contributed by atoms with E-state index in [9.17, 15) is 4.79 Å². The van der Waals surface area contributed by atoms with Gasteiger partial charge in [-0.1, -0.05) is 105 Å². The van der Waals surface area contributed by atoms with E-state index in [2.05, 4.69) is 27.7 Å². The van der Waals surface area contributed by atoms with E-state index in [1.807, 2.05) is 0 Å². The first kappa shape index (κ1) is 24.5. The molecular formula is C23H46O2. The van der Waals surface area contributed by atoms with Crippen LogP contribution in [0.15, 0.2) is 0 Å². The number of rotatable bonds is 18. The fourth-order valence-corrected chi connectivity index (χ4v) is 3.15. The molecule has 0 fully saturated rings. The number of carbonyl (C=O) groups is 1. The predicted molar refractivity (Wildman–Crippen MR) is 110 cm³/mol. The van der Waals surface area contributed by atoms with Gasteiger partial charge in [-0.15, -0.1) is 0 Å². The van der Waals surface area contributed by atoms with Gasteiger partial charge in [-0.3, -0.25) is 4.79 Å². The van der Waals surface area contributed by atoms with Crippen molar-refractivity contribution in [3.8, 4) is 0 Å². The van der Waals surface area contributed by atoms with Crippen LogP contribution in [0.2, 0.25) is 0 Å². The van der Waals surface area contributed by atoms with Crippen LogP contribution in [0.1, 0.15) is 124 Å². The Labute approximate surface area is 158 Å². The lowest BCUT2D eigenvalue weighted by atomic mass is 10.0. The second kappa shape index (κ2) is 18.3. The molecule has 150 valence electrons. The van der Waals surface area contributed by atoms with Crippen LogP contribution < -0.4 is 0 Å². The number of hydrogen-bond acceptors (Lipinski definition) is 2. The first-order valence-electron chi connectivity index (χ1n) is 11.2. The molecule has 0 bridgehead atoms. The van der Waals surface area contributed by atoms with E-state index >= 15 is 0 Å². The molecular weight excluding hydrogens is 308 g/mol. The number of unbranched alkanes of at least 4 members (excludes halogenated alkanes) is 10. The minimum absolute atomic E-state index is 0.00550. The largest absolute Gasteiger partial charge is 0.466 e. The number of hydrogen-bond donors (Lipinski definition) is 0. The van der Waals surface area contributed by atoms with Crippen molar-refractivity contribution < 1.29 is 9.53 Å². The van der Waals surface area contributed by atoms with Crippen LogP contribution in [0.3, 0.4) is 0 Å². The summed E-state index contributed by atoms with van der Waals surface area (Å²) in [5.41, 5.74) is 0. The molecule has 0 aliphatic carbocycles. The maximum Gasteiger partial charge on any atom is 0.305 e. The van der Waals surface area contributed by atoms with Crippen LogP contribution in [0.5, 0.6) is 0 Å². The van der Waals surface area contributed by atoms with Gasteiger partial charge in [-0.05, 0) is 24.7 Å². The first-order valence-corrected chi connectivity index (χ1v) is 11.2. The monoisotopic (exact) mass is 354 g/mol. The Morgan fingerprint density at radius 1 is 0.600 bits per heavy atom. The molecule has 2 nitrogen and oxygen atoms in total. The van der Waals surface area contributed by atoms with Crippen molar-refractivity contribution in [2.45, 2.75) is 124 Å². The zero-order chi connectivity index (χ0) is 18.8. The highest BCUT2D eigenvalue weighted by Gasteiger charge is 2.03. The summed E-state index contributed by atoms with van der Waals surface area (Å²) in [6, 6.07) is 0. The van der Waals surface area contributed by atoms with Gasteiger partial charge in [0.15, 0.2) is 0 Å². The molecule has 0 aliphatic rings. The number of ether oxygens (including phenoxy) is 1. The SMILES string of the molecule is CC(C)CCCCCCCCCCCOC(=O)CCCCCC(C)C. The first-order chi connectivity index (χ1) is 12.0. The van der Waals surface area contributed by atoms with Crippen LogP contribution in [-0.2, 0) is 9.53 Å². The van der Waals surface area contributed by atoms with E-state index in [0.29, 0.717) is 13.0 Å².